The highest BCUT2D eigenvalue weighted by Gasteiger charge is 2.23. The molecule has 1 aromatic rings. The van der Waals surface area contributed by atoms with Crippen molar-refractivity contribution in [1.82, 2.24) is 15.2 Å². The van der Waals surface area contributed by atoms with E-state index in [1.165, 1.54) is 25.2 Å². The van der Waals surface area contributed by atoms with Crippen LogP contribution in [0, 0.1) is 0 Å². The van der Waals surface area contributed by atoms with E-state index < -0.39 is 0 Å². The van der Waals surface area contributed by atoms with Crippen LogP contribution in [0.1, 0.15) is 26.0 Å². The van der Waals surface area contributed by atoms with Gasteiger partial charge in [-0.25, -0.2) is 4.98 Å². The van der Waals surface area contributed by atoms with Crippen LogP contribution in [0.5, 0.6) is 0 Å². The van der Waals surface area contributed by atoms with Crippen LogP contribution in [0.3, 0.4) is 0 Å². The second-order valence-electron chi connectivity index (χ2n) is 4.43. The summed E-state index contributed by atoms with van der Waals surface area (Å²) in [5.74, 6) is 0. The van der Waals surface area contributed by atoms with Gasteiger partial charge in [0.25, 0.3) is 0 Å². The Labute approximate surface area is 95.5 Å². The van der Waals surface area contributed by atoms with Crippen LogP contribution >= 0.6 is 11.3 Å². The van der Waals surface area contributed by atoms with E-state index in [-0.39, 0.29) is 0 Å². The molecule has 3 nitrogen and oxygen atoms in total. The molecular formula is C11H19N3S. The molecule has 1 aliphatic heterocycles. The lowest BCUT2D eigenvalue weighted by Crippen LogP contribution is -2.34. The van der Waals surface area contributed by atoms with Crippen molar-refractivity contribution in [3.05, 3.63) is 16.6 Å². The van der Waals surface area contributed by atoms with E-state index in [9.17, 15) is 0 Å². The highest BCUT2D eigenvalue weighted by atomic mass is 32.1. The van der Waals surface area contributed by atoms with Gasteiger partial charge in [-0.2, -0.15) is 0 Å². The first kappa shape index (κ1) is 11.0. The molecule has 4 heteroatoms. The Balaban J connectivity index is 1.73. The van der Waals surface area contributed by atoms with Crippen LogP contribution < -0.4 is 5.32 Å². The lowest BCUT2D eigenvalue weighted by atomic mass is 10.2. The topological polar surface area (TPSA) is 28.2 Å². The van der Waals surface area contributed by atoms with Gasteiger partial charge in [0.2, 0.25) is 0 Å². The van der Waals surface area contributed by atoms with Crippen molar-refractivity contribution in [2.45, 2.75) is 38.9 Å². The Morgan fingerprint density at radius 3 is 3.13 bits per heavy atom. The fourth-order valence-corrected chi connectivity index (χ4v) is 2.56. The maximum Gasteiger partial charge on any atom is 0.0795 e. The summed E-state index contributed by atoms with van der Waals surface area (Å²) in [6.07, 6.45) is 1.27. The summed E-state index contributed by atoms with van der Waals surface area (Å²) >= 11 is 1.67. The molecule has 15 heavy (non-hydrogen) atoms. The maximum atomic E-state index is 4.27. The molecule has 1 saturated heterocycles. The number of likely N-dealkylation sites (tertiary alicyclic amines) is 1. The third-order valence-corrected chi connectivity index (χ3v) is 3.64. The molecule has 1 aliphatic rings. The molecule has 2 rings (SSSR count). The molecule has 0 bridgehead atoms. The van der Waals surface area contributed by atoms with Crippen molar-refractivity contribution in [1.29, 1.82) is 0 Å². The predicted octanol–water partition coefficient (Wildman–Crippen LogP) is 1.72. The van der Waals surface area contributed by atoms with Gasteiger partial charge in [0.15, 0.2) is 0 Å². The zero-order valence-electron chi connectivity index (χ0n) is 9.44. The van der Waals surface area contributed by atoms with Gasteiger partial charge in [-0.1, -0.05) is 0 Å². The molecule has 0 aliphatic carbocycles. The zero-order chi connectivity index (χ0) is 10.7. The van der Waals surface area contributed by atoms with Crippen molar-refractivity contribution in [3.63, 3.8) is 0 Å². The molecule has 0 spiro atoms. The normalized spacial score (nSPS) is 22.7. The van der Waals surface area contributed by atoms with E-state index >= 15 is 0 Å². The number of hydrogen-bond donors (Lipinski definition) is 1. The number of thiazole rings is 1. The van der Waals surface area contributed by atoms with Crippen LogP contribution in [-0.2, 0) is 6.54 Å². The Morgan fingerprint density at radius 1 is 1.67 bits per heavy atom. The van der Waals surface area contributed by atoms with Crippen LogP contribution in [0.15, 0.2) is 10.9 Å². The van der Waals surface area contributed by atoms with Crippen molar-refractivity contribution < 1.29 is 0 Å². The Hall–Kier alpha value is -0.450. The minimum absolute atomic E-state index is 0.647. The first-order valence-corrected chi connectivity index (χ1v) is 6.54. The summed E-state index contributed by atoms with van der Waals surface area (Å²) in [7, 11) is 0. The van der Waals surface area contributed by atoms with Gasteiger partial charge in [-0.05, 0) is 26.8 Å². The van der Waals surface area contributed by atoms with Crippen LogP contribution in [-0.4, -0.2) is 35.1 Å². The number of hydrogen-bond acceptors (Lipinski definition) is 4. The van der Waals surface area contributed by atoms with E-state index in [0.717, 1.165) is 6.54 Å². The van der Waals surface area contributed by atoms with Gasteiger partial charge in [0, 0.05) is 30.6 Å². The monoisotopic (exact) mass is 225 g/mol. The zero-order valence-corrected chi connectivity index (χ0v) is 10.3. The van der Waals surface area contributed by atoms with Crippen molar-refractivity contribution in [2.75, 3.05) is 13.1 Å². The minimum Gasteiger partial charge on any atom is -0.307 e. The molecule has 0 saturated carbocycles. The Kier molecular flexibility index (Phi) is 3.72. The minimum atomic E-state index is 0.647. The third kappa shape index (κ3) is 3.00. The SMILES string of the molecule is CC(C)N1CCC(NCc2cscn2)C1. The molecule has 1 atom stereocenters. The number of nitrogens with zero attached hydrogens (tertiary/aromatic N) is 2. The van der Waals surface area contributed by atoms with Crippen LogP contribution in [0.25, 0.3) is 0 Å². The summed E-state index contributed by atoms with van der Waals surface area (Å²) in [6, 6.07) is 1.32. The van der Waals surface area contributed by atoms with Gasteiger partial charge < -0.3 is 5.32 Å². The lowest BCUT2D eigenvalue weighted by molar-refractivity contribution is 0.268. The van der Waals surface area contributed by atoms with Crippen molar-refractivity contribution >= 4 is 11.3 Å². The highest BCUT2D eigenvalue weighted by Crippen LogP contribution is 2.12. The van der Waals surface area contributed by atoms with Gasteiger partial charge in [0.1, 0.15) is 0 Å². The molecule has 2 heterocycles. The number of rotatable bonds is 4. The Bertz CT molecular complexity index is 284. The number of nitrogens with one attached hydrogen (secondary N) is 1. The fourth-order valence-electron chi connectivity index (χ4n) is 2.00. The van der Waals surface area contributed by atoms with E-state index in [0.29, 0.717) is 12.1 Å². The van der Waals surface area contributed by atoms with E-state index in [1.807, 2.05) is 5.51 Å². The second kappa shape index (κ2) is 5.05. The molecule has 1 unspecified atom stereocenters. The maximum absolute atomic E-state index is 4.27. The third-order valence-electron chi connectivity index (χ3n) is 3.01. The van der Waals surface area contributed by atoms with E-state index in [1.54, 1.807) is 11.3 Å². The molecular weight excluding hydrogens is 206 g/mol. The second-order valence-corrected chi connectivity index (χ2v) is 5.15. The molecule has 0 amide bonds. The van der Waals surface area contributed by atoms with Gasteiger partial charge >= 0.3 is 0 Å². The molecule has 0 radical (unpaired) electrons. The average Bonchev–Trinajstić information content (AvgIpc) is 2.86. The van der Waals surface area contributed by atoms with Crippen molar-refractivity contribution in [3.8, 4) is 0 Å². The fraction of sp³-hybridized carbons (Fsp3) is 0.727. The lowest BCUT2D eigenvalue weighted by Gasteiger charge is -2.20. The average molecular weight is 225 g/mol. The predicted molar refractivity (Wildman–Crippen MR) is 64.1 cm³/mol. The van der Waals surface area contributed by atoms with E-state index in [2.05, 4.69) is 34.4 Å². The molecule has 0 aromatic carbocycles. The molecule has 84 valence electrons. The highest BCUT2D eigenvalue weighted by molar-refractivity contribution is 7.07. The van der Waals surface area contributed by atoms with Gasteiger partial charge in [-0.3, -0.25) is 4.90 Å². The summed E-state index contributed by atoms with van der Waals surface area (Å²) in [6.45, 7) is 7.86. The van der Waals surface area contributed by atoms with Crippen LogP contribution in [0.2, 0.25) is 0 Å². The van der Waals surface area contributed by atoms with Crippen LogP contribution in [0.4, 0.5) is 0 Å². The van der Waals surface area contributed by atoms with Crippen molar-refractivity contribution in [2.24, 2.45) is 0 Å². The Morgan fingerprint density at radius 2 is 2.53 bits per heavy atom. The summed E-state index contributed by atoms with van der Waals surface area (Å²) in [5, 5.41) is 5.68. The molecule has 1 aromatic heterocycles. The molecule has 1 N–H and O–H groups in total. The first-order chi connectivity index (χ1) is 7.25. The quantitative estimate of drug-likeness (QED) is 0.845. The summed E-state index contributed by atoms with van der Waals surface area (Å²) < 4.78 is 0. The molecule has 1 fully saturated rings. The summed E-state index contributed by atoms with van der Waals surface area (Å²) in [5.41, 5.74) is 3.06. The smallest absolute Gasteiger partial charge is 0.0795 e. The first-order valence-electron chi connectivity index (χ1n) is 5.60. The van der Waals surface area contributed by atoms with Gasteiger partial charge in [0.05, 0.1) is 11.2 Å². The summed E-state index contributed by atoms with van der Waals surface area (Å²) in [4.78, 5) is 6.80. The largest absolute Gasteiger partial charge is 0.307 e. The standard InChI is InChI=1S/C11H19N3S/c1-9(2)14-4-3-10(6-14)12-5-11-7-15-8-13-11/h7-10,12H,3-6H2,1-2H3. The number of aromatic nitrogens is 1. The van der Waals surface area contributed by atoms with E-state index in [4.69, 9.17) is 0 Å². The van der Waals surface area contributed by atoms with Gasteiger partial charge in [-0.15, -0.1) is 11.3 Å².